The molecule has 28 heavy (non-hydrogen) atoms. The summed E-state index contributed by atoms with van der Waals surface area (Å²) in [7, 11) is 3.03. The molecule has 2 aromatic carbocycles. The highest BCUT2D eigenvalue weighted by atomic mass is 16.6. The zero-order valence-corrected chi connectivity index (χ0v) is 16.0. The molecule has 1 aliphatic heterocycles. The Morgan fingerprint density at radius 1 is 1.04 bits per heavy atom. The number of ether oxygens (including phenoxy) is 3. The van der Waals surface area contributed by atoms with Gasteiger partial charge in [-0.25, -0.2) is 0 Å². The van der Waals surface area contributed by atoms with Crippen LogP contribution in [0.2, 0.25) is 0 Å². The smallest absolute Gasteiger partial charge is 0.118 e. The zero-order valence-electron chi connectivity index (χ0n) is 16.0. The summed E-state index contributed by atoms with van der Waals surface area (Å²) < 4.78 is 16.2. The van der Waals surface area contributed by atoms with Gasteiger partial charge in [-0.1, -0.05) is 24.3 Å². The summed E-state index contributed by atoms with van der Waals surface area (Å²) >= 11 is 0. The summed E-state index contributed by atoms with van der Waals surface area (Å²) in [6, 6.07) is 13.1. The molecule has 1 fully saturated rings. The molecule has 5 N–H and O–H groups in total. The molecular formula is C21H27NO6. The zero-order chi connectivity index (χ0) is 20.3. The quantitative estimate of drug-likeness (QED) is 0.546. The summed E-state index contributed by atoms with van der Waals surface area (Å²) in [5.41, 5.74) is 9.38. The molecule has 3 unspecified atom stereocenters. The Kier molecular flexibility index (Phi) is 6.53. The second-order valence-corrected chi connectivity index (χ2v) is 6.94. The van der Waals surface area contributed by atoms with Crippen LogP contribution in [0.5, 0.6) is 5.75 Å². The van der Waals surface area contributed by atoms with E-state index in [4.69, 9.17) is 19.9 Å². The number of rotatable bonds is 6. The lowest BCUT2D eigenvalue weighted by molar-refractivity contribution is -0.238. The summed E-state index contributed by atoms with van der Waals surface area (Å²) in [5, 5.41) is 30.5. The highest BCUT2D eigenvalue weighted by Crippen LogP contribution is 2.35. The Hall–Kier alpha value is -2.16. The second kappa shape index (κ2) is 8.89. The molecular weight excluding hydrogens is 362 g/mol. The maximum atomic E-state index is 10.5. The minimum absolute atomic E-state index is 0.327. The number of hydrogen-bond donors (Lipinski definition) is 4. The lowest BCUT2D eigenvalue weighted by atomic mass is 9.89. The van der Waals surface area contributed by atoms with E-state index >= 15 is 0 Å². The Morgan fingerprint density at radius 3 is 2.36 bits per heavy atom. The van der Waals surface area contributed by atoms with Crippen LogP contribution in [0.15, 0.2) is 42.5 Å². The SMILES string of the molecule is COc1ccc(Cc2cc([C@@H]3OC(CO)C(OC)C(O)[C@H]3O)ccc2N)cc1. The fourth-order valence-corrected chi connectivity index (χ4v) is 3.57. The van der Waals surface area contributed by atoms with Crippen molar-refractivity contribution in [3.05, 3.63) is 59.2 Å². The number of methoxy groups -OCH3 is 2. The van der Waals surface area contributed by atoms with Gasteiger partial charge in [0.15, 0.2) is 0 Å². The number of nitrogens with two attached hydrogens (primary N) is 1. The fraction of sp³-hybridized carbons (Fsp3) is 0.429. The number of hydrogen-bond acceptors (Lipinski definition) is 7. The van der Waals surface area contributed by atoms with Gasteiger partial charge in [-0.05, 0) is 41.3 Å². The van der Waals surface area contributed by atoms with Crippen molar-refractivity contribution in [3.63, 3.8) is 0 Å². The Morgan fingerprint density at radius 2 is 1.75 bits per heavy atom. The van der Waals surface area contributed by atoms with Gasteiger partial charge in [0.1, 0.15) is 36.3 Å². The molecule has 1 heterocycles. The molecule has 0 spiro atoms. The van der Waals surface area contributed by atoms with Crippen LogP contribution in [0, 0.1) is 0 Å². The largest absolute Gasteiger partial charge is 0.497 e. The Bertz CT molecular complexity index is 779. The lowest BCUT2D eigenvalue weighted by Gasteiger charge is -2.41. The maximum Gasteiger partial charge on any atom is 0.118 e. The molecule has 0 saturated carbocycles. The van der Waals surface area contributed by atoms with E-state index in [0.29, 0.717) is 17.7 Å². The second-order valence-electron chi connectivity index (χ2n) is 6.94. The van der Waals surface area contributed by atoms with Crippen LogP contribution in [0.4, 0.5) is 5.69 Å². The van der Waals surface area contributed by atoms with Crippen molar-refractivity contribution in [2.24, 2.45) is 0 Å². The predicted octanol–water partition coefficient (Wildman–Crippen LogP) is 1.04. The third-order valence-electron chi connectivity index (χ3n) is 5.19. The van der Waals surface area contributed by atoms with Gasteiger partial charge < -0.3 is 35.3 Å². The molecule has 2 aromatic rings. The van der Waals surface area contributed by atoms with Gasteiger partial charge in [0.25, 0.3) is 0 Å². The summed E-state index contributed by atoms with van der Waals surface area (Å²) in [6.07, 6.45) is -4.11. The molecule has 5 atom stereocenters. The van der Waals surface area contributed by atoms with Crippen molar-refractivity contribution < 1.29 is 29.5 Å². The first kappa shape index (κ1) is 20.6. The number of aliphatic hydroxyl groups is 3. The van der Waals surface area contributed by atoms with E-state index in [-0.39, 0.29) is 6.61 Å². The van der Waals surface area contributed by atoms with Crippen molar-refractivity contribution in [1.29, 1.82) is 0 Å². The summed E-state index contributed by atoms with van der Waals surface area (Å²) in [6.45, 7) is -0.327. The van der Waals surface area contributed by atoms with Crippen LogP contribution in [-0.2, 0) is 15.9 Å². The molecule has 7 nitrogen and oxygen atoms in total. The first-order valence-corrected chi connectivity index (χ1v) is 9.15. The van der Waals surface area contributed by atoms with Crippen LogP contribution in [-0.4, -0.2) is 60.6 Å². The molecule has 0 bridgehead atoms. The van der Waals surface area contributed by atoms with Crippen LogP contribution in [0.25, 0.3) is 0 Å². The number of aliphatic hydroxyl groups excluding tert-OH is 3. The topological polar surface area (TPSA) is 114 Å². The number of benzene rings is 2. The van der Waals surface area contributed by atoms with Gasteiger partial charge in [0.2, 0.25) is 0 Å². The molecule has 0 radical (unpaired) electrons. The van der Waals surface area contributed by atoms with Gasteiger partial charge >= 0.3 is 0 Å². The minimum atomic E-state index is -1.19. The predicted molar refractivity (Wildman–Crippen MR) is 104 cm³/mol. The van der Waals surface area contributed by atoms with Crippen molar-refractivity contribution in [3.8, 4) is 5.75 Å². The van der Waals surface area contributed by atoms with E-state index < -0.39 is 30.5 Å². The molecule has 0 aromatic heterocycles. The average molecular weight is 389 g/mol. The van der Waals surface area contributed by atoms with Gasteiger partial charge in [-0.15, -0.1) is 0 Å². The number of anilines is 1. The Balaban J connectivity index is 1.85. The van der Waals surface area contributed by atoms with E-state index in [0.717, 1.165) is 16.9 Å². The highest BCUT2D eigenvalue weighted by Gasteiger charge is 2.45. The summed E-state index contributed by atoms with van der Waals surface area (Å²) in [4.78, 5) is 0. The normalized spacial score (nSPS) is 27.5. The van der Waals surface area contributed by atoms with E-state index in [1.54, 1.807) is 19.2 Å². The van der Waals surface area contributed by atoms with Gasteiger partial charge in [0, 0.05) is 12.8 Å². The van der Waals surface area contributed by atoms with Crippen molar-refractivity contribution in [2.45, 2.75) is 36.9 Å². The molecule has 1 saturated heterocycles. The van der Waals surface area contributed by atoms with E-state index in [1.807, 2.05) is 30.3 Å². The van der Waals surface area contributed by atoms with E-state index in [1.165, 1.54) is 7.11 Å². The van der Waals surface area contributed by atoms with E-state index in [2.05, 4.69) is 0 Å². The first-order chi connectivity index (χ1) is 13.5. The van der Waals surface area contributed by atoms with Gasteiger partial charge in [0.05, 0.1) is 13.7 Å². The van der Waals surface area contributed by atoms with Crippen molar-refractivity contribution in [1.82, 2.24) is 0 Å². The van der Waals surface area contributed by atoms with Gasteiger partial charge in [-0.3, -0.25) is 0 Å². The summed E-state index contributed by atoms with van der Waals surface area (Å²) in [5.74, 6) is 0.779. The molecule has 1 aliphatic rings. The van der Waals surface area contributed by atoms with Crippen LogP contribution < -0.4 is 10.5 Å². The maximum absolute atomic E-state index is 10.5. The van der Waals surface area contributed by atoms with E-state index in [9.17, 15) is 15.3 Å². The monoisotopic (exact) mass is 389 g/mol. The van der Waals surface area contributed by atoms with Crippen LogP contribution >= 0.6 is 0 Å². The van der Waals surface area contributed by atoms with Crippen molar-refractivity contribution in [2.75, 3.05) is 26.6 Å². The van der Waals surface area contributed by atoms with Gasteiger partial charge in [-0.2, -0.15) is 0 Å². The third-order valence-corrected chi connectivity index (χ3v) is 5.19. The minimum Gasteiger partial charge on any atom is -0.497 e. The standard InChI is InChI=1S/C21H27NO6/c1-26-15-6-3-12(4-7-15)9-14-10-13(5-8-16(14)22)20-18(24)19(25)21(27-2)17(11-23)28-20/h3-8,10,17-21,23-25H,9,11,22H2,1-2H3/t17?,18-,19?,20+,21?/m1/s1. The van der Waals surface area contributed by atoms with Crippen molar-refractivity contribution >= 4 is 5.69 Å². The molecule has 3 rings (SSSR count). The Labute approximate surface area is 164 Å². The highest BCUT2D eigenvalue weighted by molar-refractivity contribution is 5.51. The molecule has 152 valence electrons. The number of nitrogen functional groups attached to an aromatic ring is 1. The third kappa shape index (κ3) is 4.14. The molecule has 0 aliphatic carbocycles. The fourth-order valence-electron chi connectivity index (χ4n) is 3.57. The average Bonchev–Trinajstić information content (AvgIpc) is 2.72. The first-order valence-electron chi connectivity index (χ1n) is 9.15. The lowest BCUT2D eigenvalue weighted by Crippen LogP contribution is -2.56. The molecule has 7 heteroatoms. The van der Waals surface area contributed by atoms with Crippen LogP contribution in [0.1, 0.15) is 22.8 Å². The molecule has 0 amide bonds. The van der Waals surface area contributed by atoms with Crippen LogP contribution in [0.3, 0.4) is 0 Å².